The number of hydrogen-bond acceptors (Lipinski definition) is 4. The second kappa shape index (κ2) is 5.77. The van der Waals surface area contributed by atoms with E-state index in [1.807, 2.05) is 18.2 Å². The molecule has 1 fully saturated rings. The maximum absolute atomic E-state index is 9.40. The molecule has 0 bridgehead atoms. The molecule has 0 radical (unpaired) electrons. The number of nitrogens with zero attached hydrogens (tertiary/aromatic N) is 2. The SMILES string of the molecule is COC1CCN(c2nc(CO)cc3ccccc23)CC1. The zero-order chi connectivity index (χ0) is 13.9. The van der Waals surface area contributed by atoms with Gasteiger partial charge in [-0.3, -0.25) is 0 Å². The lowest BCUT2D eigenvalue weighted by atomic mass is 10.1. The molecule has 0 aliphatic carbocycles. The van der Waals surface area contributed by atoms with Crippen LogP contribution in [0.4, 0.5) is 5.82 Å². The van der Waals surface area contributed by atoms with Crippen LogP contribution in [0.1, 0.15) is 18.5 Å². The van der Waals surface area contributed by atoms with Crippen molar-refractivity contribution in [1.82, 2.24) is 4.98 Å². The van der Waals surface area contributed by atoms with E-state index in [-0.39, 0.29) is 6.61 Å². The fourth-order valence-corrected chi connectivity index (χ4v) is 2.86. The second-order valence-corrected chi connectivity index (χ2v) is 5.24. The lowest BCUT2D eigenvalue weighted by molar-refractivity contribution is 0.0818. The molecule has 1 aromatic heterocycles. The summed E-state index contributed by atoms with van der Waals surface area (Å²) < 4.78 is 5.42. The van der Waals surface area contributed by atoms with E-state index in [2.05, 4.69) is 22.0 Å². The van der Waals surface area contributed by atoms with Gasteiger partial charge in [-0.05, 0) is 24.3 Å². The quantitative estimate of drug-likeness (QED) is 0.931. The minimum Gasteiger partial charge on any atom is -0.390 e. The summed E-state index contributed by atoms with van der Waals surface area (Å²) in [5.41, 5.74) is 0.729. The number of aliphatic hydroxyl groups excluding tert-OH is 1. The van der Waals surface area contributed by atoms with Crippen LogP contribution in [0.3, 0.4) is 0 Å². The lowest BCUT2D eigenvalue weighted by Gasteiger charge is -2.33. The zero-order valence-electron chi connectivity index (χ0n) is 11.7. The average Bonchev–Trinajstić information content (AvgIpc) is 2.54. The summed E-state index contributed by atoms with van der Waals surface area (Å²) in [6, 6.07) is 10.2. The van der Waals surface area contributed by atoms with Gasteiger partial charge in [-0.15, -0.1) is 0 Å². The maximum atomic E-state index is 9.40. The molecule has 0 unspecified atom stereocenters. The summed E-state index contributed by atoms with van der Waals surface area (Å²) in [7, 11) is 1.78. The van der Waals surface area contributed by atoms with Crippen molar-refractivity contribution in [2.75, 3.05) is 25.1 Å². The van der Waals surface area contributed by atoms with Crippen LogP contribution >= 0.6 is 0 Å². The van der Waals surface area contributed by atoms with Gasteiger partial charge in [-0.2, -0.15) is 0 Å². The number of hydrogen-bond donors (Lipinski definition) is 1. The third kappa shape index (κ3) is 2.49. The first-order chi connectivity index (χ1) is 9.81. The van der Waals surface area contributed by atoms with E-state index >= 15 is 0 Å². The highest BCUT2D eigenvalue weighted by Crippen LogP contribution is 2.28. The van der Waals surface area contributed by atoms with E-state index in [4.69, 9.17) is 4.74 Å². The number of rotatable bonds is 3. The van der Waals surface area contributed by atoms with Gasteiger partial charge in [-0.25, -0.2) is 4.98 Å². The molecular formula is C16H20N2O2. The third-order valence-corrected chi connectivity index (χ3v) is 4.01. The molecule has 1 aromatic carbocycles. The number of aliphatic hydroxyl groups is 1. The van der Waals surface area contributed by atoms with Crippen molar-refractivity contribution in [2.24, 2.45) is 0 Å². The minimum atomic E-state index is -0.0215. The van der Waals surface area contributed by atoms with Crippen molar-refractivity contribution in [3.8, 4) is 0 Å². The van der Waals surface area contributed by atoms with Crippen LogP contribution in [0.15, 0.2) is 30.3 Å². The van der Waals surface area contributed by atoms with Crippen molar-refractivity contribution in [2.45, 2.75) is 25.6 Å². The normalized spacial score (nSPS) is 16.8. The first kappa shape index (κ1) is 13.3. The summed E-state index contributed by atoms with van der Waals surface area (Å²) in [6.45, 7) is 1.88. The molecule has 4 nitrogen and oxygen atoms in total. The van der Waals surface area contributed by atoms with Gasteiger partial charge in [0, 0.05) is 25.6 Å². The Hall–Kier alpha value is -1.65. The fourth-order valence-electron chi connectivity index (χ4n) is 2.86. The van der Waals surface area contributed by atoms with Gasteiger partial charge in [0.1, 0.15) is 5.82 Å². The van der Waals surface area contributed by atoms with Gasteiger partial charge in [-0.1, -0.05) is 24.3 Å². The molecule has 1 saturated heterocycles. The number of ether oxygens (including phenoxy) is 1. The summed E-state index contributed by atoms with van der Waals surface area (Å²) in [5.74, 6) is 0.988. The highest BCUT2D eigenvalue weighted by Gasteiger charge is 2.21. The third-order valence-electron chi connectivity index (χ3n) is 4.01. The van der Waals surface area contributed by atoms with Crippen LogP contribution in [-0.4, -0.2) is 36.4 Å². The number of piperidine rings is 1. The molecule has 20 heavy (non-hydrogen) atoms. The Balaban J connectivity index is 1.98. The predicted octanol–water partition coefficient (Wildman–Crippen LogP) is 2.34. The number of anilines is 1. The maximum Gasteiger partial charge on any atom is 0.136 e. The van der Waals surface area contributed by atoms with Gasteiger partial charge < -0.3 is 14.7 Å². The van der Waals surface area contributed by atoms with Crippen molar-refractivity contribution in [1.29, 1.82) is 0 Å². The van der Waals surface area contributed by atoms with Gasteiger partial charge in [0.2, 0.25) is 0 Å². The van der Waals surface area contributed by atoms with Gasteiger partial charge in [0.05, 0.1) is 18.4 Å². The standard InChI is InChI=1S/C16H20N2O2/c1-20-14-6-8-18(9-7-14)16-15-5-3-2-4-12(15)10-13(11-19)17-16/h2-5,10,14,19H,6-9,11H2,1H3. The number of pyridine rings is 1. The van der Waals surface area contributed by atoms with Crippen molar-refractivity contribution in [3.05, 3.63) is 36.0 Å². The Morgan fingerprint density at radius 2 is 2.05 bits per heavy atom. The molecular weight excluding hydrogens is 252 g/mol. The summed E-state index contributed by atoms with van der Waals surface area (Å²) in [5, 5.41) is 11.7. The predicted molar refractivity (Wildman–Crippen MR) is 79.9 cm³/mol. The van der Waals surface area contributed by atoms with Crippen LogP contribution in [0.25, 0.3) is 10.8 Å². The van der Waals surface area contributed by atoms with E-state index in [1.165, 1.54) is 0 Å². The van der Waals surface area contributed by atoms with Gasteiger partial charge >= 0.3 is 0 Å². The van der Waals surface area contributed by atoms with E-state index in [9.17, 15) is 5.11 Å². The lowest BCUT2D eigenvalue weighted by Crippen LogP contribution is -2.37. The second-order valence-electron chi connectivity index (χ2n) is 5.24. The molecule has 1 N–H and O–H groups in total. The topological polar surface area (TPSA) is 45.6 Å². The van der Waals surface area contributed by atoms with E-state index in [0.29, 0.717) is 6.10 Å². The Kier molecular flexibility index (Phi) is 3.85. The Labute approximate surface area is 119 Å². The van der Waals surface area contributed by atoms with E-state index in [0.717, 1.165) is 48.2 Å². The Morgan fingerprint density at radius 3 is 2.75 bits per heavy atom. The van der Waals surface area contributed by atoms with Crippen LogP contribution in [-0.2, 0) is 11.3 Å². The molecule has 0 saturated carbocycles. The highest BCUT2D eigenvalue weighted by molar-refractivity contribution is 5.92. The van der Waals surface area contributed by atoms with Crippen molar-refractivity contribution in [3.63, 3.8) is 0 Å². The van der Waals surface area contributed by atoms with Crippen molar-refractivity contribution < 1.29 is 9.84 Å². The monoisotopic (exact) mass is 272 g/mol. The van der Waals surface area contributed by atoms with Crippen LogP contribution < -0.4 is 4.90 Å². The van der Waals surface area contributed by atoms with Gasteiger partial charge in [0.15, 0.2) is 0 Å². The average molecular weight is 272 g/mol. The first-order valence-electron chi connectivity index (χ1n) is 7.09. The molecule has 0 spiro atoms. The summed E-state index contributed by atoms with van der Waals surface area (Å²) in [4.78, 5) is 6.93. The number of benzene rings is 1. The molecule has 4 heteroatoms. The Bertz CT molecular complexity index is 592. The van der Waals surface area contributed by atoms with Crippen LogP contribution in [0, 0.1) is 0 Å². The molecule has 0 amide bonds. The molecule has 1 aliphatic heterocycles. The highest BCUT2D eigenvalue weighted by atomic mass is 16.5. The van der Waals surface area contributed by atoms with Crippen LogP contribution in [0.5, 0.6) is 0 Å². The molecule has 3 rings (SSSR count). The van der Waals surface area contributed by atoms with Crippen LogP contribution in [0.2, 0.25) is 0 Å². The Morgan fingerprint density at radius 1 is 1.30 bits per heavy atom. The smallest absolute Gasteiger partial charge is 0.136 e. The first-order valence-corrected chi connectivity index (χ1v) is 7.09. The van der Waals surface area contributed by atoms with E-state index < -0.39 is 0 Å². The molecule has 1 aliphatic rings. The van der Waals surface area contributed by atoms with E-state index in [1.54, 1.807) is 7.11 Å². The zero-order valence-corrected chi connectivity index (χ0v) is 11.7. The molecule has 106 valence electrons. The summed E-state index contributed by atoms with van der Waals surface area (Å²) >= 11 is 0. The number of fused-ring (bicyclic) bond motifs is 1. The van der Waals surface area contributed by atoms with Gasteiger partial charge in [0.25, 0.3) is 0 Å². The molecule has 2 heterocycles. The van der Waals surface area contributed by atoms with Crippen molar-refractivity contribution >= 4 is 16.6 Å². The molecule has 0 atom stereocenters. The largest absolute Gasteiger partial charge is 0.390 e. The number of methoxy groups -OCH3 is 1. The fraction of sp³-hybridized carbons (Fsp3) is 0.438. The summed E-state index contributed by atoms with van der Waals surface area (Å²) in [6.07, 6.45) is 2.41. The number of aromatic nitrogens is 1. The molecule has 2 aromatic rings. The minimum absolute atomic E-state index is 0.0215.